The average Bonchev–Trinajstić information content (AvgIpc) is 2.33. The van der Waals surface area contributed by atoms with Crippen LogP contribution in [0.15, 0.2) is 17.6 Å². The Balaban J connectivity index is 2.30. The molecule has 10 heavy (non-hydrogen) atoms. The zero-order valence-electron chi connectivity index (χ0n) is 5.40. The normalized spacial score (nSPS) is 24.3. The molecule has 0 amide bonds. The van der Waals surface area contributed by atoms with Crippen molar-refractivity contribution in [3.05, 3.63) is 12.4 Å². The Bertz CT molecular complexity index is 235. The molecule has 0 saturated heterocycles. The summed E-state index contributed by atoms with van der Waals surface area (Å²) in [5.74, 6) is 0.775. The van der Waals surface area contributed by atoms with E-state index in [1.807, 2.05) is 10.8 Å². The second-order valence-electron chi connectivity index (χ2n) is 2.33. The van der Waals surface area contributed by atoms with Crippen LogP contribution in [0.2, 0.25) is 0 Å². The summed E-state index contributed by atoms with van der Waals surface area (Å²) in [5, 5.41) is 10.2. The fourth-order valence-corrected chi connectivity index (χ4v) is 1.91. The van der Waals surface area contributed by atoms with Crippen LogP contribution in [0.1, 0.15) is 0 Å². The molecule has 1 aliphatic heterocycles. The van der Waals surface area contributed by atoms with Gasteiger partial charge < -0.3 is 9.67 Å². The molecule has 54 valence electrons. The SMILES string of the molecule is O[C@@H]1CSc2nccn2C1. The minimum atomic E-state index is -0.202. The van der Waals surface area contributed by atoms with Gasteiger partial charge in [0.2, 0.25) is 0 Å². The summed E-state index contributed by atoms with van der Waals surface area (Å²) in [5.41, 5.74) is 0. The zero-order valence-corrected chi connectivity index (χ0v) is 6.21. The maximum Gasteiger partial charge on any atom is 0.168 e. The van der Waals surface area contributed by atoms with Crippen LogP contribution in [0, 0.1) is 0 Å². The van der Waals surface area contributed by atoms with Gasteiger partial charge in [-0.2, -0.15) is 0 Å². The number of hydrogen-bond donors (Lipinski definition) is 1. The summed E-state index contributed by atoms with van der Waals surface area (Å²) in [6.07, 6.45) is 3.46. The lowest BCUT2D eigenvalue weighted by molar-refractivity contribution is 0.170. The molecule has 2 rings (SSSR count). The van der Waals surface area contributed by atoms with Gasteiger partial charge in [0.1, 0.15) is 0 Å². The molecule has 0 unspecified atom stereocenters. The lowest BCUT2D eigenvalue weighted by Crippen LogP contribution is -2.22. The fraction of sp³-hybridized carbons (Fsp3) is 0.500. The Kier molecular flexibility index (Phi) is 1.43. The van der Waals surface area contributed by atoms with E-state index in [-0.39, 0.29) is 6.10 Å². The smallest absolute Gasteiger partial charge is 0.168 e. The van der Waals surface area contributed by atoms with Gasteiger partial charge in [-0.15, -0.1) is 0 Å². The molecule has 0 aromatic carbocycles. The second-order valence-corrected chi connectivity index (χ2v) is 3.31. The first kappa shape index (κ1) is 6.24. The lowest BCUT2D eigenvalue weighted by Gasteiger charge is -2.17. The Hall–Kier alpha value is -0.480. The lowest BCUT2D eigenvalue weighted by atomic mass is 10.4. The number of fused-ring (bicyclic) bond motifs is 1. The van der Waals surface area contributed by atoms with E-state index >= 15 is 0 Å². The van der Waals surface area contributed by atoms with Gasteiger partial charge in [-0.1, -0.05) is 11.8 Å². The van der Waals surface area contributed by atoms with E-state index in [9.17, 15) is 5.11 Å². The van der Waals surface area contributed by atoms with Crippen molar-refractivity contribution in [1.29, 1.82) is 0 Å². The van der Waals surface area contributed by atoms with E-state index in [1.54, 1.807) is 18.0 Å². The third kappa shape index (κ3) is 0.932. The molecule has 2 heterocycles. The minimum Gasteiger partial charge on any atom is -0.390 e. The third-order valence-electron chi connectivity index (χ3n) is 1.49. The molecule has 4 heteroatoms. The Morgan fingerprint density at radius 2 is 2.70 bits per heavy atom. The van der Waals surface area contributed by atoms with Crippen molar-refractivity contribution in [2.75, 3.05) is 5.75 Å². The van der Waals surface area contributed by atoms with Crippen LogP contribution in [-0.4, -0.2) is 26.5 Å². The standard InChI is InChI=1S/C6H8N2OS/c9-5-3-8-2-1-7-6(8)10-4-5/h1-2,5,9H,3-4H2/t5-/m0/s1. The van der Waals surface area contributed by atoms with E-state index in [2.05, 4.69) is 4.98 Å². The van der Waals surface area contributed by atoms with E-state index in [0.717, 1.165) is 10.9 Å². The number of hydrogen-bond acceptors (Lipinski definition) is 3. The maximum absolute atomic E-state index is 9.20. The van der Waals surface area contributed by atoms with Gasteiger partial charge >= 0.3 is 0 Å². The predicted octanol–water partition coefficient (Wildman–Crippen LogP) is 0.350. The largest absolute Gasteiger partial charge is 0.390 e. The van der Waals surface area contributed by atoms with Crippen molar-refractivity contribution >= 4 is 11.8 Å². The Morgan fingerprint density at radius 3 is 3.60 bits per heavy atom. The Labute approximate surface area is 63.1 Å². The van der Waals surface area contributed by atoms with E-state index in [1.165, 1.54) is 0 Å². The Morgan fingerprint density at radius 1 is 1.80 bits per heavy atom. The summed E-state index contributed by atoms with van der Waals surface area (Å²) in [6, 6.07) is 0. The highest BCUT2D eigenvalue weighted by molar-refractivity contribution is 7.99. The number of aliphatic hydroxyl groups is 1. The molecule has 1 aromatic rings. The second kappa shape index (κ2) is 2.29. The van der Waals surface area contributed by atoms with Gasteiger partial charge in [0.05, 0.1) is 12.6 Å². The van der Waals surface area contributed by atoms with Gasteiger partial charge in [-0.3, -0.25) is 0 Å². The molecule has 3 nitrogen and oxygen atoms in total. The first-order valence-electron chi connectivity index (χ1n) is 3.18. The molecular formula is C6H8N2OS. The predicted molar refractivity (Wildman–Crippen MR) is 39.0 cm³/mol. The molecule has 0 fully saturated rings. The molecule has 1 N–H and O–H groups in total. The van der Waals surface area contributed by atoms with Crippen LogP contribution in [0.3, 0.4) is 0 Å². The van der Waals surface area contributed by atoms with E-state index < -0.39 is 0 Å². The summed E-state index contributed by atoms with van der Waals surface area (Å²) < 4.78 is 1.97. The van der Waals surface area contributed by atoms with Crippen LogP contribution >= 0.6 is 11.8 Å². The average molecular weight is 156 g/mol. The van der Waals surface area contributed by atoms with Crippen molar-refractivity contribution in [1.82, 2.24) is 9.55 Å². The summed E-state index contributed by atoms with van der Waals surface area (Å²) in [4.78, 5) is 4.11. The van der Waals surface area contributed by atoms with Crippen LogP contribution in [0.5, 0.6) is 0 Å². The number of rotatable bonds is 0. The molecule has 1 atom stereocenters. The van der Waals surface area contributed by atoms with Crippen LogP contribution in [0.4, 0.5) is 0 Å². The quantitative estimate of drug-likeness (QED) is 0.589. The molecule has 1 aromatic heterocycles. The number of nitrogens with zero attached hydrogens (tertiary/aromatic N) is 2. The molecule has 0 bridgehead atoms. The first-order chi connectivity index (χ1) is 4.86. The van der Waals surface area contributed by atoms with Gasteiger partial charge in [0.25, 0.3) is 0 Å². The van der Waals surface area contributed by atoms with Gasteiger partial charge in [-0.05, 0) is 0 Å². The molecule has 0 radical (unpaired) electrons. The zero-order chi connectivity index (χ0) is 6.97. The molecule has 0 saturated carbocycles. The third-order valence-corrected chi connectivity index (χ3v) is 2.64. The summed E-state index contributed by atoms with van der Waals surface area (Å²) >= 11 is 1.61. The monoisotopic (exact) mass is 156 g/mol. The van der Waals surface area contributed by atoms with Crippen LogP contribution < -0.4 is 0 Å². The van der Waals surface area contributed by atoms with Gasteiger partial charge in [0.15, 0.2) is 5.16 Å². The van der Waals surface area contributed by atoms with Crippen molar-refractivity contribution in [2.45, 2.75) is 17.8 Å². The fourth-order valence-electron chi connectivity index (χ4n) is 1.03. The molecule has 1 aliphatic rings. The van der Waals surface area contributed by atoms with Crippen molar-refractivity contribution < 1.29 is 5.11 Å². The highest BCUT2D eigenvalue weighted by Crippen LogP contribution is 2.22. The van der Waals surface area contributed by atoms with Crippen LogP contribution in [-0.2, 0) is 6.54 Å². The number of aliphatic hydroxyl groups excluding tert-OH is 1. The van der Waals surface area contributed by atoms with Crippen molar-refractivity contribution in [2.24, 2.45) is 0 Å². The molecular weight excluding hydrogens is 148 g/mol. The summed E-state index contributed by atoms with van der Waals surface area (Å²) in [6.45, 7) is 0.697. The van der Waals surface area contributed by atoms with E-state index in [4.69, 9.17) is 0 Å². The molecule has 0 aliphatic carbocycles. The minimum absolute atomic E-state index is 0.202. The van der Waals surface area contributed by atoms with Crippen LogP contribution in [0.25, 0.3) is 0 Å². The van der Waals surface area contributed by atoms with E-state index in [0.29, 0.717) is 6.54 Å². The topological polar surface area (TPSA) is 38.1 Å². The van der Waals surface area contributed by atoms with Crippen molar-refractivity contribution in [3.63, 3.8) is 0 Å². The highest BCUT2D eigenvalue weighted by atomic mass is 32.2. The number of aromatic nitrogens is 2. The van der Waals surface area contributed by atoms with Gasteiger partial charge in [0, 0.05) is 18.1 Å². The number of thioether (sulfide) groups is 1. The molecule has 0 spiro atoms. The number of imidazole rings is 1. The van der Waals surface area contributed by atoms with Gasteiger partial charge in [-0.25, -0.2) is 4.98 Å². The highest BCUT2D eigenvalue weighted by Gasteiger charge is 2.15. The first-order valence-corrected chi connectivity index (χ1v) is 4.17. The summed E-state index contributed by atoms with van der Waals surface area (Å²) in [7, 11) is 0. The van der Waals surface area contributed by atoms with Crippen molar-refractivity contribution in [3.8, 4) is 0 Å². The maximum atomic E-state index is 9.20.